The number of hydrogen-bond acceptors (Lipinski definition) is 5. The fourth-order valence-electron chi connectivity index (χ4n) is 1.76. The molecule has 5 nitrogen and oxygen atoms in total. The molecule has 0 aliphatic rings. The molecular formula is C14H24N2O3. The van der Waals surface area contributed by atoms with Gasteiger partial charge < -0.3 is 24.4 Å². The Morgan fingerprint density at radius 2 is 1.53 bits per heavy atom. The second-order valence-electron chi connectivity index (χ2n) is 4.50. The van der Waals surface area contributed by atoms with E-state index in [-0.39, 0.29) is 0 Å². The maximum Gasteiger partial charge on any atom is 0.164 e. The minimum Gasteiger partial charge on any atom is -0.496 e. The van der Waals surface area contributed by atoms with E-state index in [9.17, 15) is 0 Å². The fraction of sp³-hybridized carbons (Fsp3) is 0.571. The molecule has 1 rings (SSSR count). The van der Waals surface area contributed by atoms with Gasteiger partial charge in [0, 0.05) is 31.3 Å². The van der Waals surface area contributed by atoms with Crippen LogP contribution in [0.1, 0.15) is 5.56 Å². The van der Waals surface area contributed by atoms with E-state index in [1.165, 1.54) is 0 Å². The zero-order chi connectivity index (χ0) is 14.3. The number of nitrogens with one attached hydrogen (secondary N) is 1. The van der Waals surface area contributed by atoms with Crippen molar-refractivity contribution in [3.63, 3.8) is 0 Å². The lowest BCUT2D eigenvalue weighted by Crippen LogP contribution is -2.26. The van der Waals surface area contributed by atoms with Crippen LogP contribution in [0, 0.1) is 0 Å². The van der Waals surface area contributed by atoms with E-state index in [0.29, 0.717) is 11.5 Å². The number of hydrogen-bond donors (Lipinski definition) is 1. The molecule has 0 unspecified atom stereocenters. The van der Waals surface area contributed by atoms with Gasteiger partial charge in [0.15, 0.2) is 11.5 Å². The van der Waals surface area contributed by atoms with Gasteiger partial charge in [-0.25, -0.2) is 0 Å². The molecule has 0 aliphatic carbocycles. The highest BCUT2D eigenvalue weighted by Gasteiger charge is 2.11. The zero-order valence-corrected chi connectivity index (χ0v) is 12.4. The van der Waals surface area contributed by atoms with Gasteiger partial charge in [0.05, 0.1) is 21.3 Å². The van der Waals surface area contributed by atoms with Crippen molar-refractivity contribution in [1.29, 1.82) is 0 Å². The first kappa shape index (κ1) is 15.6. The summed E-state index contributed by atoms with van der Waals surface area (Å²) in [4.78, 5) is 2.14. The predicted molar refractivity (Wildman–Crippen MR) is 76.4 cm³/mol. The molecule has 1 N–H and O–H groups in total. The molecule has 1 aromatic carbocycles. The Morgan fingerprint density at radius 3 is 2.05 bits per heavy atom. The van der Waals surface area contributed by atoms with Crippen LogP contribution < -0.4 is 19.5 Å². The summed E-state index contributed by atoms with van der Waals surface area (Å²) < 4.78 is 15.9. The van der Waals surface area contributed by atoms with Gasteiger partial charge in [-0.2, -0.15) is 0 Å². The van der Waals surface area contributed by atoms with Crippen LogP contribution >= 0.6 is 0 Å². The van der Waals surface area contributed by atoms with E-state index in [0.717, 1.165) is 30.9 Å². The molecule has 0 bridgehead atoms. The standard InChI is InChI=1S/C14H24N2O3/c1-16(2)7-6-15-10-11-8-13(18-4)14(19-5)9-12(11)17-3/h8-9,15H,6-7,10H2,1-5H3. The highest BCUT2D eigenvalue weighted by atomic mass is 16.5. The first-order valence-electron chi connectivity index (χ1n) is 6.26. The number of likely N-dealkylation sites (N-methyl/N-ethyl adjacent to an activating group) is 1. The molecule has 0 heterocycles. The minimum atomic E-state index is 0.677. The van der Waals surface area contributed by atoms with E-state index in [2.05, 4.69) is 24.3 Å². The van der Waals surface area contributed by atoms with Crippen LogP contribution in [-0.2, 0) is 6.54 Å². The van der Waals surface area contributed by atoms with Gasteiger partial charge in [-0.3, -0.25) is 0 Å². The average molecular weight is 268 g/mol. The normalized spacial score (nSPS) is 10.6. The fourth-order valence-corrected chi connectivity index (χ4v) is 1.76. The molecule has 0 saturated heterocycles. The summed E-state index contributed by atoms with van der Waals surface area (Å²) in [7, 11) is 9.02. The molecule has 19 heavy (non-hydrogen) atoms. The average Bonchev–Trinajstić information content (AvgIpc) is 2.42. The van der Waals surface area contributed by atoms with Gasteiger partial charge in [-0.1, -0.05) is 0 Å². The molecule has 0 saturated carbocycles. The summed E-state index contributed by atoms with van der Waals surface area (Å²) in [6, 6.07) is 3.79. The molecule has 0 fully saturated rings. The molecule has 108 valence electrons. The van der Waals surface area contributed by atoms with Crippen molar-refractivity contribution in [1.82, 2.24) is 10.2 Å². The molecule has 1 aromatic rings. The van der Waals surface area contributed by atoms with Crippen LogP contribution in [0.5, 0.6) is 17.2 Å². The van der Waals surface area contributed by atoms with Crippen molar-refractivity contribution in [2.24, 2.45) is 0 Å². The largest absolute Gasteiger partial charge is 0.496 e. The van der Waals surface area contributed by atoms with E-state index in [1.54, 1.807) is 21.3 Å². The van der Waals surface area contributed by atoms with Crippen LogP contribution in [0.4, 0.5) is 0 Å². The number of benzene rings is 1. The van der Waals surface area contributed by atoms with E-state index in [1.807, 2.05) is 12.1 Å². The molecule has 5 heteroatoms. The third kappa shape index (κ3) is 4.61. The van der Waals surface area contributed by atoms with Crippen molar-refractivity contribution in [2.75, 3.05) is 48.5 Å². The topological polar surface area (TPSA) is 43.0 Å². The van der Waals surface area contributed by atoms with Crippen LogP contribution in [0.2, 0.25) is 0 Å². The maximum absolute atomic E-state index is 5.38. The van der Waals surface area contributed by atoms with Crippen LogP contribution in [0.3, 0.4) is 0 Å². The van der Waals surface area contributed by atoms with Crippen LogP contribution in [-0.4, -0.2) is 53.4 Å². The van der Waals surface area contributed by atoms with E-state index >= 15 is 0 Å². The molecule has 0 amide bonds. The van der Waals surface area contributed by atoms with Gasteiger partial charge >= 0.3 is 0 Å². The Hall–Kier alpha value is -1.46. The number of nitrogens with zero attached hydrogens (tertiary/aromatic N) is 1. The lowest BCUT2D eigenvalue weighted by atomic mass is 10.1. The summed E-state index contributed by atoms with van der Waals surface area (Å²) in [6.07, 6.45) is 0. The molecular weight excluding hydrogens is 244 g/mol. The Labute approximate surface area is 115 Å². The molecule has 0 atom stereocenters. The lowest BCUT2D eigenvalue weighted by molar-refractivity contribution is 0.346. The summed E-state index contributed by atoms with van der Waals surface area (Å²) in [6.45, 7) is 2.65. The SMILES string of the molecule is COc1cc(OC)c(OC)cc1CNCCN(C)C. The highest BCUT2D eigenvalue weighted by molar-refractivity contribution is 5.50. The minimum absolute atomic E-state index is 0.677. The van der Waals surface area contributed by atoms with Gasteiger partial charge in [0.25, 0.3) is 0 Å². The number of methoxy groups -OCH3 is 3. The summed E-state index contributed by atoms with van der Waals surface area (Å²) in [5, 5.41) is 3.38. The third-order valence-corrected chi connectivity index (χ3v) is 2.84. The maximum atomic E-state index is 5.38. The predicted octanol–water partition coefficient (Wildman–Crippen LogP) is 1.36. The van der Waals surface area contributed by atoms with Crippen molar-refractivity contribution in [3.05, 3.63) is 17.7 Å². The highest BCUT2D eigenvalue weighted by Crippen LogP contribution is 2.34. The third-order valence-electron chi connectivity index (χ3n) is 2.84. The van der Waals surface area contributed by atoms with Crippen molar-refractivity contribution >= 4 is 0 Å². The molecule has 0 radical (unpaired) electrons. The van der Waals surface area contributed by atoms with Crippen molar-refractivity contribution in [2.45, 2.75) is 6.54 Å². The summed E-state index contributed by atoms with van der Waals surface area (Å²) in [5.74, 6) is 2.19. The second kappa shape index (κ2) is 7.86. The Morgan fingerprint density at radius 1 is 0.947 bits per heavy atom. The zero-order valence-electron chi connectivity index (χ0n) is 12.4. The Bertz CT molecular complexity index is 395. The Balaban J connectivity index is 2.75. The van der Waals surface area contributed by atoms with Gasteiger partial charge in [-0.05, 0) is 20.2 Å². The summed E-state index contributed by atoms with van der Waals surface area (Å²) in [5.41, 5.74) is 1.05. The summed E-state index contributed by atoms with van der Waals surface area (Å²) >= 11 is 0. The molecule has 0 spiro atoms. The van der Waals surface area contributed by atoms with Crippen LogP contribution in [0.25, 0.3) is 0 Å². The van der Waals surface area contributed by atoms with Crippen molar-refractivity contribution < 1.29 is 14.2 Å². The monoisotopic (exact) mass is 268 g/mol. The number of rotatable bonds is 8. The number of ether oxygens (including phenoxy) is 3. The van der Waals surface area contributed by atoms with Gasteiger partial charge in [-0.15, -0.1) is 0 Å². The Kier molecular flexibility index (Phi) is 6.45. The quantitative estimate of drug-likeness (QED) is 0.721. The second-order valence-corrected chi connectivity index (χ2v) is 4.50. The van der Waals surface area contributed by atoms with Crippen molar-refractivity contribution in [3.8, 4) is 17.2 Å². The van der Waals surface area contributed by atoms with Gasteiger partial charge in [0.2, 0.25) is 0 Å². The van der Waals surface area contributed by atoms with Gasteiger partial charge in [0.1, 0.15) is 5.75 Å². The first-order chi connectivity index (χ1) is 9.12. The molecule has 0 aromatic heterocycles. The smallest absolute Gasteiger partial charge is 0.164 e. The van der Waals surface area contributed by atoms with E-state index < -0.39 is 0 Å². The van der Waals surface area contributed by atoms with Crippen LogP contribution in [0.15, 0.2) is 12.1 Å². The first-order valence-corrected chi connectivity index (χ1v) is 6.26. The van der Waals surface area contributed by atoms with E-state index in [4.69, 9.17) is 14.2 Å². The molecule has 0 aliphatic heterocycles. The lowest BCUT2D eigenvalue weighted by Gasteiger charge is -2.15.